The molecule has 0 saturated carbocycles. The quantitative estimate of drug-likeness (QED) is 0.408. The van der Waals surface area contributed by atoms with Gasteiger partial charge in [0.2, 0.25) is 5.88 Å². The number of fused-ring (bicyclic) bond motifs is 1. The number of nitrogens with zero attached hydrogens (tertiary/aromatic N) is 5. The summed E-state index contributed by atoms with van der Waals surface area (Å²) >= 11 is 0. The molecule has 9 heteroatoms. The van der Waals surface area contributed by atoms with Gasteiger partial charge in [-0.05, 0) is 26.8 Å². The van der Waals surface area contributed by atoms with Crippen LogP contribution in [0.4, 0.5) is 5.82 Å². The Hall–Kier alpha value is -3.95. The van der Waals surface area contributed by atoms with E-state index in [0.717, 1.165) is 63.5 Å². The summed E-state index contributed by atoms with van der Waals surface area (Å²) in [4.78, 5) is 29.2. The van der Waals surface area contributed by atoms with Crippen molar-refractivity contribution < 1.29 is 14.3 Å². The Morgan fingerprint density at radius 2 is 1.69 bits per heavy atom. The molecule has 0 bridgehead atoms. The zero-order valence-corrected chi connectivity index (χ0v) is 22.3. The Morgan fingerprint density at radius 1 is 0.949 bits per heavy atom. The number of aromatic nitrogens is 2. The van der Waals surface area contributed by atoms with E-state index in [2.05, 4.69) is 31.7 Å². The first-order valence-electron chi connectivity index (χ1n) is 13.5. The van der Waals surface area contributed by atoms with Gasteiger partial charge in [-0.1, -0.05) is 30.3 Å². The van der Waals surface area contributed by atoms with Crippen LogP contribution in [-0.4, -0.2) is 77.2 Å². The van der Waals surface area contributed by atoms with E-state index in [1.165, 1.54) is 12.1 Å². The highest BCUT2D eigenvalue weighted by Gasteiger charge is 2.27. The van der Waals surface area contributed by atoms with Crippen LogP contribution in [0.25, 0.3) is 22.3 Å². The Kier molecular flexibility index (Phi) is 6.93. The van der Waals surface area contributed by atoms with Crippen molar-refractivity contribution in [3.63, 3.8) is 0 Å². The third-order valence-electron chi connectivity index (χ3n) is 7.71. The molecule has 0 spiro atoms. The third kappa shape index (κ3) is 5.46. The predicted molar refractivity (Wildman–Crippen MR) is 151 cm³/mol. The van der Waals surface area contributed by atoms with E-state index in [9.17, 15) is 9.90 Å². The van der Waals surface area contributed by atoms with Crippen molar-refractivity contribution in [2.24, 2.45) is 0 Å². The monoisotopic (exact) mass is 527 g/mol. The summed E-state index contributed by atoms with van der Waals surface area (Å²) in [6, 6.07) is 16.2. The number of benzene rings is 2. The minimum absolute atomic E-state index is 0.116. The maximum absolute atomic E-state index is 12.8. The lowest BCUT2D eigenvalue weighted by atomic mass is 10.0. The number of hydrogen-bond donors (Lipinski definition) is 1. The normalized spacial score (nSPS) is 17.5. The van der Waals surface area contributed by atoms with Gasteiger partial charge in [0.15, 0.2) is 5.43 Å². The van der Waals surface area contributed by atoms with Crippen LogP contribution in [0.2, 0.25) is 0 Å². The number of rotatable bonds is 5. The fourth-order valence-electron chi connectivity index (χ4n) is 5.55. The second kappa shape index (κ2) is 10.7. The molecule has 39 heavy (non-hydrogen) atoms. The van der Waals surface area contributed by atoms with Gasteiger partial charge in [-0.25, -0.2) is 4.98 Å². The van der Waals surface area contributed by atoms with Gasteiger partial charge in [0.05, 0.1) is 0 Å². The maximum atomic E-state index is 12.8. The number of anilines is 1. The van der Waals surface area contributed by atoms with Gasteiger partial charge in [0.1, 0.15) is 39.9 Å². The summed E-state index contributed by atoms with van der Waals surface area (Å²) in [5, 5.41) is 10.8. The number of aromatic hydroxyl groups is 1. The molecule has 0 unspecified atom stereocenters. The van der Waals surface area contributed by atoms with Crippen LogP contribution in [0.15, 0.2) is 63.8 Å². The van der Waals surface area contributed by atoms with Crippen molar-refractivity contribution in [2.75, 3.05) is 51.2 Å². The molecule has 1 N–H and O–H groups in total. The fourth-order valence-corrected chi connectivity index (χ4v) is 5.55. The van der Waals surface area contributed by atoms with E-state index >= 15 is 0 Å². The number of piperidine rings is 1. The topological polar surface area (TPSA) is 95.2 Å². The average Bonchev–Trinajstić information content (AvgIpc) is 2.93. The van der Waals surface area contributed by atoms with E-state index in [1.807, 2.05) is 43.3 Å². The smallest absolute Gasteiger partial charge is 0.224 e. The second-order valence-electron chi connectivity index (χ2n) is 10.4. The van der Waals surface area contributed by atoms with Gasteiger partial charge in [0.25, 0.3) is 0 Å². The van der Waals surface area contributed by atoms with E-state index in [-0.39, 0.29) is 22.1 Å². The molecule has 4 aromatic rings. The zero-order valence-electron chi connectivity index (χ0n) is 22.3. The van der Waals surface area contributed by atoms with Crippen LogP contribution in [0.1, 0.15) is 18.7 Å². The predicted octanol–water partition coefficient (Wildman–Crippen LogP) is 4.27. The Balaban J connectivity index is 1.21. The van der Waals surface area contributed by atoms with Crippen LogP contribution >= 0.6 is 0 Å². The summed E-state index contributed by atoms with van der Waals surface area (Å²) in [5.74, 6) is 2.35. The highest BCUT2D eigenvalue weighted by molar-refractivity contribution is 5.86. The van der Waals surface area contributed by atoms with Crippen molar-refractivity contribution in [2.45, 2.75) is 25.8 Å². The summed E-state index contributed by atoms with van der Waals surface area (Å²) in [5.41, 5.74) is 0.697. The first kappa shape index (κ1) is 25.3. The number of phenols is 1. The highest BCUT2D eigenvalue weighted by atomic mass is 16.5. The van der Waals surface area contributed by atoms with Gasteiger partial charge in [-0.2, -0.15) is 4.98 Å². The minimum atomic E-state index is -0.320. The molecule has 6 rings (SSSR count). The van der Waals surface area contributed by atoms with Crippen molar-refractivity contribution in [1.29, 1.82) is 0 Å². The van der Waals surface area contributed by atoms with Crippen molar-refractivity contribution >= 4 is 16.8 Å². The largest absolute Gasteiger partial charge is 0.507 e. The second-order valence-corrected chi connectivity index (χ2v) is 10.4. The Bertz CT molecular complexity index is 1520. The first-order valence-corrected chi connectivity index (χ1v) is 13.5. The molecular weight excluding hydrogens is 494 g/mol. The molecule has 2 aromatic carbocycles. The molecule has 0 amide bonds. The summed E-state index contributed by atoms with van der Waals surface area (Å²) in [6.07, 6.45) is 2.20. The van der Waals surface area contributed by atoms with Crippen LogP contribution in [0.3, 0.4) is 0 Å². The lowest BCUT2D eigenvalue weighted by Gasteiger charge is -2.42. The van der Waals surface area contributed by atoms with Crippen LogP contribution in [0.5, 0.6) is 17.4 Å². The van der Waals surface area contributed by atoms with Crippen LogP contribution < -0.4 is 15.1 Å². The number of likely N-dealkylation sites (N-methyl/N-ethyl adjacent to an activating group) is 1. The number of aryl methyl sites for hydroxylation is 1. The zero-order chi connectivity index (χ0) is 26.9. The molecule has 2 aliphatic rings. The van der Waals surface area contributed by atoms with Crippen LogP contribution in [0, 0.1) is 6.92 Å². The maximum Gasteiger partial charge on any atom is 0.224 e. The molecule has 0 aliphatic carbocycles. The molecule has 0 radical (unpaired) electrons. The highest BCUT2D eigenvalue weighted by Crippen LogP contribution is 2.34. The molecule has 202 valence electrons. The molecule has 2 aromatic heterocycles. The van der Waals surface area contributed by atoms with Crippen molar-refractivity contribution in [3.05, 3.63) is 70.6 Å². The average molecular weight is 528 g/mol. The Morgan fingerprint density at radius 3 is 2.44 bits per heavy atom. The van der Waals surface area contributed by atoms with Crippen LogP contribution in [-0.2, 0) is 0 Å². The standard InChI is InChI=1S/C30H33N5O4/c1-20-31-28(35-10-8-22(9-11-35)34-14-12-33(2)13-15-34)19-29(32-20)38-23-16-24(36)30-25(37)18-26(39-27(30)17-23)21-6-4-3-5-7-21/h3-7,16-19,22,36H,8-15H2,1-2H3. The molecule has 2 saturated heterocycles. The Labute approximate surface area is 227 Å². The van der Waals surface area contributed by atoms with E-state index < -0.39 is 0 Å². The summed E-state index contributed by atoms with van der Waals surface area (Å²) in [6.45, 7) is 8.24. The van der Waals surface area contributed by atoms with Crippen molar-refractivity contribution in [3.8, 4) is 28.7 Å². The SMILES string of the molecule is Cc1nc(Oc2cc(O)c3c(=O)cc(-c4ccccc4)oc3c2)cc(N2CCC(N3CCN(C)CC3)CC2)n1. The van der Waals surface area contributed by atoms with Gasteiger partial charge in [0, 0.05) is 75.1 Å². The molecule has 4 heterocycles. The van der Waals surface area contributed by atoms with E-state index in [1.54, 1.807) is 6.07 Å². The number of phenolic OH excluding ortho intramolecular Hbond substituents is 1. The molecule has 9 nitrogen and oxygen atoms in total. The molecule has 2 fully saturated rings. The number of hydrogen-bond acceptors (Lipinski definition) is 9. The van der Waals surface area contributed by atoms with E-state index in [4.69, 9.17) is 9.15 Å². The van der Waals surface area contributed by atoms with Crippen molar-refractivity contribution in [1.82, 2.24) is 19.8 Å². The summed E-state index contributed by atoms with van der Waals surface area (Å²) in [7, 11) is 2.19. The number of piperazine rings is 1. The van der Waals surface area contributed by atoms with Gasteiger partial charge < -0.3 is 24.1 Å². The van der Waals surface area contributed by atoms with Gasteiger partial charge in [-0.3, -0.25) is 9.69 Å². The fraction of sp³-hybridized carbons (Fsp3) is 0.367. The summed E-state index contributed by atoms with van der Waals surface area (Å²) < 4.78 is 12.1. The van der Waals surface area contributed by atoms with Gasteiger partial charge in [-0.15, -0.1) is 0 Å². The van der Waals surface area contributed by atoms with E-state index in [0.29, 0.717) is 29.3 Å². The molecule has 2 aliphatic heterocycles. The molecule has 0 atom stereocenters. The number of ether oxygens (including phenoxy) is 1. The van der Waals surface area contributed by atoms with Gasteiger partial charge >= 0.3 is 0 Å². The minimum Gasteiger partial charge on any atom is -0.507 e. The lowest BCUT2D eigenvalue weighted by molar-refractivity contribution is 0.0981. The first-order chi connectivity index (χ1) is 18.9. The lowest BCUT2D eigenvalue weighted by Crippen LogP contribution is -2.52. The molecular formula is C30H33N5O4. The third-order valence-corrected chi connectivity index (χ3v) is 7.71.